The van der Waals surface area contributed by atoms with Gasteiger partial charge in [-0.25, -0.2) is 0 Å². The molecule has 0 aromatic heterocycles. The van der Waals surface area contributed by atoms with Crippen LogP contribution in [0.2, 0.25) is 0 Å². The van der Waals surface area contributed by atoms with E-state index in [-0.39, 0.29) is 17.4 Å². The first-order valence-corrected chi connectivity index (χ1v) is 5.55. The van der Waals surface area contributed by atoms with E-state index in [0.29, 0.717) is 13.2 Å². The van der Waals surface area contributed by atoms with E-state index in [9.17, 15) is 9.59 Å². The number of methoxy groups -OCH3 is 1. The molecule has 0 unspecified atom stereocenters. The maximum absolute atomic E-state index is 11.1. The largest absolute Gasteiger partial charge is 0.480 e. The third-order valence-corrected chi connectivity index (χ3v) is 2.54. The lowest BCUT2D eigenvalue weighted by molar-refractivity contribution is -0.137. The third-order valence-electron chi connectivity index (χ3n) is 1.48. The first-order chi connectivity index (χ1) is 7.07. The van der Waals surface area contributed by atoms with Crippen LogP contribution in [0.25, 0.3) is 0 Å². The number of nitrogens with two attached hydrogens (primary N) is 1. The third kappa shape index (κ3) is 8.22. The molecule has 0 aliphatic heterocycles. The number of aliphatic carboxylic acids is 1. The highest BCUT2D eigenvalue weighted by atomic mass is 32.2. The van der Waals surface area contributed by atoms with Crippen LogP contribution in [-0.4, -0.2) is 54.8 Å². The molecule has 6 nitrogen and oxygen atoms in total. The van der Waals surface area contributed by atoms with Crippen molar-refractivity contribution >= 4 is 23.6 Å². The maximum Gasteiger partial charge on any atom is 0.321 e. The van der Waals surface area contributed by atoms with Gasteiger partial charge in [0.1, 0.15) is 6.04 Å². The van der Waals surface area contributed by atoms with Gasteiger partial charge in [-0.3, -0.25) is 9.59 Å². The Morgan fingerprint density at radius 1 is 1.60 bits per heavy atom. The van der Waals surface area contributed by atoms with Gasteiger partial charge in [-0.2, -0.15) is 0 Å². The second-order valence-electron chi connectivity index (χ2n) is 2.80. The van der Waals surface area contributed by atoms with Crippen molar-refractivity contribution in [3.05, 3.63) is 0 Å². The molecule has 0 spiro atoms. The van der Waals surface area contributed by atoms with Gasteiger partial charge in [0.05, 0.1) is 12.4 Å². The Labute approximate surface area is 92.5 Å². The van der Waals surface area contributed by atoms with Gasteiger partial charge in [0.2, 0.25) is 5.91 Å². The van der Waals surface area contributed by atoms with Crippen molar-refractivity contribution in [1.82, 2.24) is 5.32 Å². The molecule has 1 amide bonds. The fourth-order valence-corrected chi connectivity index (χ4v) is 1.50. The van der Waals surface area contributed by atoms with E-state index in [4.69, 9.17) is 15.6 Å². The Bertz CT molecular complexity index is 213. The van der Waals surface area contributed by atoms with Crippen LogP contribution < -0.4 is 11.1 Å². The van der Waals surface area contributed by atoms with Gasteiger partial charge in [-0.15, -0.1) is 11.8 Å². The summed E-state index contributed by atoms with van der Waals surface area (Å²) >= 11 is 1.20. The number of amides is 1. The minimum Gasteiger partial charge on any atom is -0.480 e. The van der Waals surface area contributed by atoms with E-state index in [1.165, 1.54) is 11.8 Å². The fraction of sp³-hybridized carbons (Fsp3) is 0.750. The number of hydrogen-bond acceptors (Lipinski definition) is 5. The standard InChI is InChI=1S/C8H16N2O4S/c1-14-3-2-10-7(11)5-15-4-6(9)8(12)13/h6H,2-5,9H2,1H3,(H,10,11)(H,12,13)/t6-/m1/s1. The number of carbonyl (C=O) groups is 2. The molecule has 0 aliphatic carbocycles. The van der Waals surface area contributed by atoms with Crippen molar-refractivity contribution < 1.29 is 19.4 Å². The van der Waals surface area contributed by atoms with Crippen molar-refractivity contribution in [2.24, 2.45) is 5.73 Å². The summed E-state index contributed by atoms with van der Waals surface area (Å²) in [7, 11) is 1.55. The van der Waals surface area contributed by atoms with Crippen LogP contribution in [0, 0.1) is 0 Å². The summed E-state index contributed by atoms with van der Waals surface area (Å²) in [6.45, 7) is 0.923. The zero-order valence-electron chi connectivity index (χ0n) is 8.56. The molecule has 0 aromatic rings. The minimum absolute atomic E-state index is 0.144. The molecule has 0 bridgehead atoms. The van der Waals surface area contributed by atoms with Gasteiger partial charge < -0.3 is 20.9 Å². The van der Waals surface area contributed by atoms with Gasteiger partial charge >= 0.3 is 5.97 Å². The second kappa shape index (κ2) is 8.51. The predicted molar refractivity (Wildman–Crippen MR) is 57.8 cm³/mol. The monoisotopic (exact) mass is 236 g/mol. The molecule has 88 valence electrons. The molecule has 0 saturated carbocycles. The molecule has 0 saturated heterocycles. The molecule has 4 N–H and O–H groups in total. The van der Waals surface area contributed by atoms with Crippen LogP contribution in [0.1, 0.15) is 0 Å². The lowest BCUT2D eigenvalue weighted by Gasteiger charge is -2.06. The smallest absolute Gasteiger partial charge is 0.321 e. The molecule has 0 rings (SSSR count). The highest BCUT2D eigenvalue weighted by Crippen LogP contribution is 2.01. The van der Waals surface area contributed by atoms with E-state index in [2.05, 4.69) is 5.32 Å². The zero-order valence-corrected chi connectivity index (χ0v) is 9.38. The van der Waals surface area contributed by atoms with Crippen LogP contribution in [-0.2, 0) is 14.3 Å². The molecular formula is C8H16N2O4S. The Kier molecular flexibility index (Phi) is 8.06. The Morgan fingerprint density at radius 2 is 2.27 bits per heavy atom. The van der Waals surface area contributed by atoms with E-state index >= 15 is 0 Å². The molecule has 7 heteroatoms. The predicted octanol–water partition coefficient (Wildman–Crippen LogP) is -1.11. The van der Waals surface area contributed by atoms with Crippen LogP contribution in [0.3, 0.4) is 0 Å². The average Bonchev–Trinajstić information content (AvgIpc) is 2.18. The van der Waals surface area contributed by atoms with Crippen LogP contribution in [0.15, 0.2) is 0 Å². The number of hydrogen-bond donors (Lipinski definition) is 3. The number of carboxylic acids is 1. The number of ether oxygens (including phenoxy) is 1. The molecular weight excluding hydrogens is 220 g/mol. The topological polar surface area (TPSA) is 102 Å². The van der Waals surface area contributed by atoms with Crippen molar-refractivity contribution in [1.29, 1.82) is 0 Å². The Balaban J connectivity index is 3.42. The molecule has 15 heavy (non-hydrogen) atoms. The lowest BCUT2D eigenvalue weighted by Crippen LogP contribution is -2.34. The van der Waals surface area contributed by atoms with Gasteiger partial charge in [0, 0.05) is 19.4 Å². The Morgan fingerprint density at radius 3 is 2.80 bits per heavy atom. The molecule has 0 fully saturated rings. The SMILES string of the molecule is COCCNC(=O)CSC[C@@H](N)C(=O)O. The fourth-order valence-electron chi connectivity index (χ4n) is 0.693. The summed E-state index contributed by atoms with van der Waals surface area (Å²) in [5.74, 6) is -0.755. The van der Waals surface area contributed by atoms with Crippen molar-refractivity contribution in [2.75, 3.05) is 31.8 Å². The minimum atomic E-state index is -1.05. The summed E-state index contributed by atoms with van der Waals surface area (Å²) in [4.78, 5) is 21.4. The number of carbonyl (C=O) groups excluding carboxylic acids is 1. The van der Waals surface area contributed by atoms with Gasteiger partial charge in [-0.05, 0) is 0 Å². The molecule has 1 atom stereocenters. The van der Waals surface area contributed by atoms with Gasteiger partial charge in [-0.1, -0.05) is 0 Å². The lowest BCUT2D eigenvalue weighted by atomic mass is 10.4. The van der Waals surface area contributed by atoms with E-state index in [0.717, 1.165) is 0 Å². The molecule has 0 radical (unpaired) electrons. The molecule has 0 heterocycles. The normalized spacial score (nSPS) is 12.1. The van der Waals surface area contributed by atoms with E-state index in [1.807, 2.05) is 0 Å². The van der Waals surface area contributed by atoms with Crippen molar-refractivity contribution in [2.45, 2.75) is 6.04 Å². The van der Waals surface area contributed by atoms with Crippen LogP contribution in [0.4, 0.5) is 0 Å². The van der Waals surface area contributed by atoms with E-state index < -0.39 is 12.0 Å². The number of nitrogens with one attached hydrogen (secondary N) is 1. The first kappa shape index (κ1) is 14.2. The van der Waals surface area contributed by atoms with E-state index in [1.54, 1.807) is 7.11 Å². The first-order valence-electron chi connectivity index (χ1n) is 4.39. The summed E-state index contributed by atoms with van der Waals surface area (Å²) < 4.78 is 4.75. The highest BCUT2D eigenvalue weighted by Gasteiger charge is 2.11. The van der Waals surface area contributed by atoms with Gasteiger partial charge in [0.15, 0.2) is 0 Å². The highest BCUT2D eigenvalue weighted by molar-refractivity contribution is 8.00. The molecule has 0 aliphatic rings. The average molecular weight is 236 g/mol. The summed E-state index contributed by atoms with van der Waals surface area (Å²) in [6.07, 6.45) is 0. The molecule has 0 aromatic carbocycles. The van der Waals surface area contributed by atoms with Crippen molar-refractivity contribution in [3.8, 4) is 0 Å². The summed E-state index contributed by atoms with van der Waals surface area (Å²) in [5.41, 5.74) is 5.25. The number of rotatable bonds is 8. The van der Waals surface area contributed by atoms with Gasteiger partial charge in [0.25, 0.3) is 0 Å². The Hall–Kier alpha value is -0.790. The number of thioether (sulfide) groups is 1. The zero-order chi connectivity index (χ0) is 11.7. The van der Waals surface area contributed by atoms with Crippen LogP contribution in [0.5, 0.6) is 0 Å². The summed E-state index contributed by atoms with van der Waals surface area (Å²) in [6, 6.07) is -0.915. The maximum atomic E-state index is 11.1. The van der Waals surface area contributed by atoms with Crippen molar-refractivity contribution in [3.63, 3.8) is 0 Å². The summed E-state index contributed by atoms with van der Waals surface area (Å²) in [5, 5.41) is 11.1. The quantitative estimate of drug-likeness (QED) is 0.462. The van der Waals surface area contributed by atoms with Crippen LogP contribution >= 0.6 is 11.8 Å². The second-order valence-corrected chi connectivity index (χ2v) is 3.83. The number of carboxylic acid groups (broad SMARTS) is 1.